The fourth-order valence-electron chi connectivity index (χ4n) is 3.79. The summed E-state index contributed by atoms with van der Waals surface area (Å²) in [6.45, 7) is 2.31. The number of carbonyl (C=O) groups excluding carboxylic acids is 1. The Hall–Kier alpha value is -2.48. The summed E-state index contributed by atoms with van der Waals surface area (Å²) >= 11 is 0. The lowest BCUT2D eigenvalue weighted by Gasteiger charge is -2.17. The minimum Gasteiger partial charge on any atom is -0.493 e. The average Bonchev–Trinajstić information content (AvgIpc) is 3.12. The number of hydrogen-bond acceptors (Lipinski definition) is 6. The van der Waals surface area contributed by atoms with Gasteiger partial charge in [-0.25, -0.2) is 0 Å². The molecule has 1 fully saturated rings. The molecule has 0 bridgehead atoms. The van der Waals surface area contributed by atoms with Gasteiger partial charge in [-0.05, 0) is 5.56 Å². The molecule has 1 aliphatic rings. The molecule has 2 aromatic carbocycles. The number of rotatable bonds is 8. The Morgan fingerprint density at radius 1 is 1.07 bits per heavy atom. The quantitative estimate of drug-likeness (QED) is 0.663. The molecule has 0 radical (unpaired) electrons. The topological polar surface area (TPSA) is 86.1 Å². The molecule has 1 saturated heterocycles. The number of amides is 1. The van der Waals surface area contributed by atoms with E-state index in [0.717, 1.165) is 13.1 Å². The monoisotopic (exact) mass is 435 g/mol. The predicted octanol–water partition coefficient (Wildman–Crippen LogP) is 2.89. The van der Waals surface area contributed by atoms with Crippen molar-refractivity contribution in [1.82, 2.24) is 4.90 Å². The van der Waals surface area contributed by atoms with Crippen LogP contribution in [0.15, 0.2) is 42.5 Å². The Balaban J connectivity index is 0.00000320. The normalized spacial score (nSPS) is 18.4. The summed E-state index contributed by atoms with van der Waals surface area (Å²) < 4.78 is 16.0. The molecule has 3 rings (SSSR count). The zero-order chi connectivity index (χ0) is 20.8. The van der Waals surface area contributed by atoms with E-state index >= 15 is 0 Å². The third-order valence-corrected chi connectivity index (χ3v) is 5.27. The van der Waals surface area contributed by atoms with Crippen LogP contribution >= 0.6 is 12.4 Å². The number of nitrogens with zero attached hydrogens (tertiary/aromatic N) is 1. The zero-order valence-corrected chi connectivity index (χ0v) is 18.4. The molecule has 0 aromatic heterocycles. The van der Waals surface area contributed by atoms with Gasteiger partial charge in [0.1, 0.15) is 0 Å². The van der Waals surface area contributed by atoms with Crippen molar-refractivity contribution >= 4 is 24.0 Å². The van der Waals surface area contributed by atoms with Crippen molar-refractivity contribution in [2.24, 2.45) is 5.73 Å². The van der Waals surface area contributed by atoms with E-state index in [4.69, 9.17) is 19.9 Å². The molecule has 0 spiro atoms. The maximum atomic E-state index is 12.5. The lowest BCUT2D eigenvalue weighted by atomic mass is 9.95. The van der Waals surface area contributed by atoms with Crippen LogP contribution in [0.1, 0.15) is 17.9 Å². The molecule has 8 heteroatoms. The van der Waals surface area contributed by atoms with Crippen LogP contribution in [-0.4, -0.2) is 57.8 Å². The van der Waals surface area contributed by atoms with Crippen LogP contribution in [0.2, 0.25) is 0 Å². The molecule has 0 aliphatic carbocycles. The molecule has 1 aliphatic heterocycles. The number of benzene rings is 2. The van der Waals surface area contributed by atoms with Crippen molar-refractivity contribution in [3.63, 3.8) is 0 Å². The molecular formula is C22H30ClN3O4. The summed E-state index contributed by atoms with van der Waals surface area (Å²) in [6.07, 6.45) is 0.380. The number of halogens is 1. The smallest absolute Gasteiger partial charge is 0.225 e. The van der Waals surface area contributed by atoms with Gasteiger partial charge in [0.15, 0.2) is 11.5 Å². The maximum absolute atomic E-state index is 12.5. The maximum Gasteiger partial charge on any atom is 0.225 e. The second-order valence-electron chi connectivity index (χ2n) is 7.15. The van der Waals surface area contributed by atoms with E-state index in [9.17, 15) is 4.79 Å². The highest BCUT2D eigenvalue weighted by molar-refractivity contribution is 5.91. The number of ether oxygens (including phenoxy) is 3. The first-order chi connectivity index (χ1) is 14.0. The second-order valence-corrected chi connectivity index (χ2v) is 7.15. The highest BCUT2D eigenvalue weighted by Crippen LogP contribution is 2.40. The first kappa shape index (κ1) is 23.8. The summed E-state index contributed by atoms with van der Waals surface area (Å²) in [5.41, 5.74) is 8.20. The Morgan fingerprint density at radius 2 is 1.70 bits per heavy atom. The number of anilines is 1. The van der Waals surface area contributed by atoms with Gasteiger partial charge in [0.05, 0.1) is 21.3 Å². The molecule has 3 N–H and O–H groups in total. The largest absolute Gasteiger partial charge is 0.493 e. The summed E-state index contributed by atoms with van der Waals surface area (Å²) in [4.78, 5) is 14.7. The predicted molar refractivity (Wildman–Crippen MR) is 120 cm³/mol. The summed E-state index contributed by atoms with van der Waals surface area (Å²) in [7, 11) is 4.63. The highest BCUT2D eigenvalue weighted by atomic mass is 35.5. The van der Waals surface area contributed by atoms with E-state index in [0.29, 0.717) is 41.8 Å². The zero-order valence-electron chi connectivity index (χ0n) is 17.6. The van der Waals surface area contributed by atoms with Crippen LogP contribution in [0, 0.1) is 0 Å². The van der Waals surface area contributed by atoms with E-state index in [1.54, 1.807) is 33.5 Å². The molecule has 7 nitrogen and oxygen atoms in total. The van der Waals surface area contributed by atoms with Crippen molar-refractivity contribution in [2.45, 2.75) is 18.4 Å². The van der Waals surface area contributed by atoms with Crippen molar-refractivity contribution < 1.29 is 19.0 Å². The number of carbonyl (C=O) groups is 1. The summed E-state index contributed by atoms with van der Waals surface area (Å²) in [5.74, 6) is 1.72. The molecule has 1 amide bonds. The van der Waals surface area contributed by atoms with Crippen molar-refractivity contribution in [2.75, 3.05) is 46.3 Å². The second kappa shape index (κ2) is 11.1. The summed E-state index contributed by atoms with van der Waals surface area (Å²) in [5, 5.41) is 2.91. The van der Waals surface area contributed by atoms with Gasteiger partial charge in [-0.15, -0.1) is 12.4 Å². The first-order valence-corrected chi connectivity index (χ1v) is 9.68. The van der Waals surface area contributed by atoms with E-state index < -0.39 is 0 Å². The number of methoxy groups -OCH3 is 3. The van der Waals surface area contributed by atoms with Crippen LogP contribution in [0.5, 0.6) is 17.2 Å². The SMILES string of the molecule is COc1cc(NC(=O)CCN2C[C@@H](N)[C@H](c3ccccc3)C2)cc(OC)c1OC.Cl. The van der Waals surface area contributed by atoms with Gasteiger partial charge in [-0.1, -0.05) is 30.3 Å². The molecule has 30 heavy (non-hydrogen) atoms. The van der Waals surface area contributed by atoms with Gasteiger partial charge in [0.25, 0.3) is 0 Å². The molecule has 164 valence electrons. The fraction of sp³-hybridized carbons (Fsp3) is 0.409. The molecule has 1 heterocycles. The average molecular weight is 436 g/mol. The number of nitrogens with one attached hydrogen (secondary N) is 1. The van der Waals surface area contributed by atoms with Crippen LogP contribution in [0.3, 0.4) is 0 Å². The van der Waals surface area contributed by atoms with Crippen molar-refractivity contribution in [1.29, 1.82) is 0 Å². The van der Waals surface area contributed by atoms with E-state index in [1.807, 2.05) is 18.2 Å². The Morgan fingerprint density at radius 3 is 2.27 bits per heavy atom. The van der Waals surface area contributed by atoms with Gasteiger partial charge < -0.3 is 30.2 Å². The molecule has 2 atom stereocenters. The Labute approximate surface area is 183 Å². The van der Waals surface area contributed by atoms with Crippen molar-refractivity contribution in [3.8, 4) is 17.2 Å². The molecule has 0 saturated carbocycles. The van der Waals surface area contributed by atoms with Crippen LogP contribution < -0.4 is 25.3 Å². The third kappa shape index (κ3) is 5.56. The van der Waals surface area contributed by atoms with E-state index in [2.05, 4.69) is 22.3 Å². The van der Waals surface area contributed by atoms with Gasteiger partial charge >= 0.3 is 0 Å². The minimum atomic E-state index is -0.0731. The molecule has 2 aromatic rings. The van der Waals surface area contributed by atoms with Crippen molar-refractivity contribution in [3.05, 3.63) is 48.0 Å². The third-order valence-electron chi connectivity index (χ3n) is 5.27. The highest BCUT2D eigenvalue weighted by Gasteiger charge is 2.31. The van der Waals surface area contributed by atoms with Gasteiger partial charge in [0.2, 0.25) is 11.7 Å². The Bertz CT molecular complexity index is 809. The standard InChI is InChI=1S/C22H29N3O4.ClH/c1-27-19-11-16(12-20(28-2)22(19)29-3)24-21(26)9-10-25-13-17(18(23)14-25)15-7-5-4-6-8-15;/h4-8,11-12,17-18H,9-10,13-14,23H2,1-3H3,(H,24,26);1H/t17-,18+;/m0./s1. The number of likely N-dealkylation sites (tertiary alicyclic amines) is 1. The van der Waals surface area contributed by atoms with Gasteiger partial charge in [-0.2, -0.15) is 0 Å². The Kier molecular flexibility index (Phi) is 8.77. The lowest BCUT2D eigenvalue weighted by Crippen LogP contribution is -2.30. The van der Waals surface area contributed by atoms with E-state index in [1.165, 1.54) is 5.56 Å². The van der Waals surface area contributed by atoms with Gasteiger partial charge in [0, 0.05) is 55.8 Å². The first-order valence-electron chi connectivity index (χ1n) is 9.68. The minimum absolute atomic E-state index is 0. The number of hydrogen-bond donors (Lipinski definition) is 2. The molecular weight excluding hydrogens is 406 g/mol. The van der Waals surface area contributed by atoms with E-state index in [-0.39, 0.29) is 24.4 Å². The molecule has 0 unspecified atom stereocenters. The van der Waals surface area contributed by atoms with Crippen LogP contribution in [0.4, 0.5) is 5.69 Å². The van der Waals surface area contributed by atoms with Gasteiger partial charge in [-0.3, -0.25) is 4.79 Å². The number of nitrogens with two attached hydrogens (primary N) is 1. The lowest BCUT2D eigenvalue weighted by molar-refractivity contribution is -0.116. The summed E-state index contributed by atoms with van der Waals surface area (Å²) in [6, 6.07) is 13.8. The fourth-order valence-corrected chi connectivity index (χ4v) is 3.79. The van der Waals surface area contributed by atoms with Crippen LogP contribution in [0.25, 0.3) is 0 Å². The van der Waals surface area contributed by atoms with Crippen LogP contribution in [-0.2, 0) is 4.79 Å².